The van der Waals surface area contributed by atoms with E-state index < -0.39 is 0 Å². The highest BCUT2D eigenvalue weighted by Crippen LogP contribution is 2.13. The number of hydrogen-bond donors (Lipinski definition) is 0. The summed E-state index contributed by atoms with van der Waals surface area (Å²) in [6.07, 6.45) is 1.000. The van der Waals surface area contributed by atoms with Gasteiger partial charge in [-0.2, -0.15) is 0 Å². The third-order valence-electron chi connectivity index (χ3n) is 2.95. The molecule has 0 heterocycles. The fourth-order valence-electron chi connectivity index (χ4n) is 1.78. The van der Waals surface area contributed by atoms with Crippen LogP contribution in [0.1, 0.15) is 28.4 Å². The van der Waals surface area contributed by atoms with Gasteiger partial charge in [-0.1, -0.05) is 13.0 Å². The van der Waals surface area contributed by atoms with E-state index >= 15 is 0 Å². The number of methoxy groups -OCH3 is 1. The summed E-state index contributed by atoms with van der Waals surface area (Å²) in [4.78, 5) is 13.8. The highest BCUT2D eigenvalue weighted by Gasteiger charge is 2.11. The molecule has 1 amide bonds. The SMILES string of the molecule is CCc1ccc(C(=O)N(C)CCOC)cc1C. The molecular weight excluding hydrogens is 214 g/mol. The second kappa shape index (κ2) is 6.40. The highest BCUT2D eigenvalue weighted by molar-refractivity contribution is 5.94. The lowest BCUT2D eigenvalue weighted by Crippen LogP contribution is -2.30. The molecule has 0 aliphatic carbocycles. The summed E-state index contributed by atoms with van der Waals surface area (Å²) in [7, 11) is 3.43. The Morgan fingerprint density at radius 3 is 2.65 bits per heavy atom. The van der Waals surface area contributed by atoms with E-state index in [0.29, 0.717) is 13.2 Å². The molecule has 0 aliphatic rings. The van der Waals surface area contributed by atoms with E-state index in [4.69, 9.17) is 4.74 Å². The van der Waals surface area contributed by atoms with E-state index in [9.17, 15) is 4.79 Å². The van der Waals surface area contributed by atoms with E-state index in [0.717, 1.165) is 12.0 Å². The van der Waals surface area contributed by atoms with Crippen molar-refractivity contribution in [3.8, 4) is 0 Å². The van der Waals surface area contributed by atoms with Crippen molar-refractivity contribution in [1.82, 2.24) is 4.90 Å². The van der Waals surface area contributed by atoms with Crippen molar-refractivity contribution >= 4 is 5.91 Å². The Labute approximate surface area is 103 Å². The van der Waals surface area contributed by atoms with Gasteiger partial charge in [0.05, 0.1) is 6.61 Å². The number of benzene rings is 1. The van der Waals surface area contributed by atoms with Crippen molar-refractivity contribution in [2.75, 3.05) is 27.3 Å². The summed E-state index contributed by atoms with van der Waals surface area (Å²) >= 11 is 0. The molecule has 94 valence electrons. The van der Waals surface area contributed by atoms with Gasteiger partial charge < -0.3 is 9.64 Å². The molecule has 1 rings (SSSR count). The van der Waals surface area contributed by atoms with Gasteiger partial charge in [-0.05, 0) is 36.6 Å². The van der Waals surface area contributed by atoms with Crippen molar-refractivity contribution in [3.05, 3.63) is 34.9 Å². The van der Waals surface area contributed by atoms with Crippen LogP contribution in [0.5, 0.6) is 0 Å². The molecule has 0 bridgehead atoms. The van der Waals surface area contributed by atoms with Crippen LogP contribution in [0.15, 0.2) is 18.2 Å². The molecule has 0 aliphatic heterocycles. The van der Waals surface area contributed by atoms with Gasteiger partial charge >= 0.3 is 0 Å². The molecule has 3 nitrogen and oxygen atoms in total. The van der Waals surface area contributed by atoms with E-state index in [1.807, 2.05) is 25.1 Å². The van der Waals surface area contributed by atoms with Crippen molar-refractivity contribution in [2.24, 2.45) is 0 Å². The minimum Gasteiger partial charge on any atom is -0.383 e. The predicted octanol–water partition coefficient (Wildman–Crippen LogP) is 2.28. The first-order chi connectivity index (χ1) is 8.10. The van der Waals surface area contributed by atoms with Gasteiger partial charge in [0, 0.05) is 26.3 Å². The van der Waals surface area contributed by atoms with Crippen LogP contribution in [0.4, 0.5) is 0 Å². The van der Waals surface area contributed by atoms with Crippen LogP contribution in [0.25, 0.3) is 0 Å². The van der Waals surface area contributed by atoms with Crippen molar-refractivity contribution < 1.29 is 9.53 Å². The number of amides is 1. The summed E-state index contributed by atoms with van der Waals surface area (Å²) in [6.45, 7) is 5.34. The first-order valence-corrected chi connectivity index (χ1v) is 5.94. The molecule has 1 aromatic rings. The number of ether oxygens (including phenoxy) is 1. The minimum atomic E-state index is 0.0489. The maximum absolute atomic E-state index is 12.1. The first kappa shape index (κ1) is 13.7. The molecule has 0 saturated heterocycles. The third-order valence-corrected chi connectivity index (χ3v) is 2.95. The summed E-state index contributed by atoms with van der Waals surface area (Å²) in [5.41, 5.74) is 3.22. The summed E-state index contributed by atoms with van der Waals surface area (Å²) in [6, 6.07) is 5.90. The van der Waals surface area contributed by atoms with Crippen LogP contribution < -0.4 is 0 Å². The Kier molecular flexibility index (Phi) is 5.16. The minimum absolute atomic E-state index is 0.0489. The maximum atomic E-state index is 12.1. The smallest absolute Gasteiger partial charge is 0.253 e. The van der Waals surface area contributed by atoms with Gasteiger partial charge in [0.15, 0.2) is 0 Å². The number of nitrogens with zero attached hydrogens (tertiary/aromatic N) is 1. The fraction of sp³-hybridized carbons (Fsp3) is 0.500. The molecule has 0 saturated carbocycles. The average Bonchev–Trinajstić information content (AvgIpc) is 2.34. The zero-order valence-electron chi connectivity index (χ0n) is 11.1. The van der Waals surface area contributed by atoms with E-state index in [1.165, 1.54) is 11.1 Å². The Bertz CT molecular complexity index is 388. The van der Waals surface area contributed by atoms with Crippen LogP contribution in [0, 0.1) is 6.92 Å². The largest absolute Gasteiger partial charge is 0.383 e. The average molecular weight is 235 g/mol. The monoisotopic (exact) mass is 235 g/mol. The molecular formula is C14H21NO2. The summed E-state index contributed by atoms with van der Waals surface area (Å²) in [5, 5.41) is 0. The number of likely N-dealkylation sites (N-methyl/N-ethyl adjacent to an activating group) is 1. The Morgan fingerprint density at radius 2 is 2.12 bits per heavy atom. The lowest BCUT2D eigenvalue weighted by atomic mass is 10.0. The molecule has 0 N–H and O–H groups in total. The van der Waals surface area contributed by atoms with Gasteiger partial charge in [0.1, 0.15) is 0 Å². The molecule has 3 heteroatoms. The standard InChI is InChI=1S/C14H21NO2/c1-5-12-6-7-13(10-11(12)2)14(16)15(3)8-9-17-4/h6-7,10H,5,8-9H2,1-4H3. The number of carbonyl (C=O) groups is 1. The van der Waals surface area contributed by atoms with Gasteiger partial charge in [-0.15, -0.1) is 0 Å². The summed E-state index contributed by atoms with van der Waals surface area (Å²) in [5.74, 6) is 0.0489. The van der Waals surface area contributed by atoms with Crippen LogP contribution in [-0.2, 0) is 11.2 Å². The van der Waals surface area contributed by atoms with Crippen LogP contribution in [0.3, 0.4) is 0 Å². The Hall–Kier alpha value is -1.35. The molecule has 0 unspecified atom stereocenters. The summed E-state index contributed by atoms with van der Waals surface area (Å²) < 4.78 is 4.96. The lowest BCUT2D eigenvalue weighted by molar-refractivity contribution is 0.0744. The van der Waals surface area contributed by atoms with Crippen molar-refractivity contribution in [2.45, 2.75) is 20.3 Å². The number of aryl methyl sites for hydroxylation is 2. The number of hydrogen-bond acceptors (Lipinski definition) is 2. The van der Waals surface area contributed by atoms with E-state index in [1.54, 1.807) is 19.1 Å². The lowest BCUT2D eigenvalue weighted by Gasteiger charge is -2.17. The zero-order chi connectivity index (χ0) is 12.8. The predicted molar refractivity (Wildman–Crippen MR) is 69.4 cm³/mol. The first-order valence-electron chi connectivity index (χ1n) is 5.94. The van der Waals surface area contributed by atoms with Crippen molar-refractivity contribution in [3.63, 3.8) is 0 Å². The molecule has 1 aromatic carbocycles. The quantitative estimate of drug-likeness (QED) is 0.783. The highest BCUT2D eigenvalue weighted by atomic mass is 16.5. The van der Waals surface area contributed by atoms with Crippen LogP contribution >= 0.6 is 0 Å². The fourth-order valence-corrected chi connectivity index (χ4v) is 1.78. The van der Waals surface area contributed by atoms with E-state index in [2.05, 4.69) is 6.92 Å². The molecule has 0 spiro atoms. The molecule has 17 heavy (non-hydrogen) atoms. The zero-order valence-corrected chi connectivity index (χ0v) is 11.1. The normalized spacial score (nSPS) is 10.4. The molecule has 0 radical (unpaired) electrons. The van der Waals surface area contributed by atoms with Gasteiger partial charge in [-0.25, -0.2) is 0 Å². The van der Waals surface area contributed by atoms with Crippen LogP contribution in [-0.4, -0.2) is 38.1 Å². The Balaban J connectivity index is 2.78. The topological polar surface area (TPSA) is 29.5 Å². The van der Waals surface area contributed by atoms with Gasteiger partial charge in [-0.3, -0.25) is 4.79 Å². The second-order valence-electron chi connectivity index (χ2n) is 4.21. The van der Waals surface area contributed by atoms with Crippen molar-refractivity contribution in [1.29, 1.82) is 0 Å². The second-order valence-corrected chi connectivity index (χ2v) is 4.21. The molecule has 0 atom stereocenters. The Morgan fingerprint density at radius 1 is 1.41 bits per heavy atom. The maximum Gasteiger partial charge on any atom is 0.253 e. The third kappa shape index (κ3) is 3.56. The number of rotatable bonds is 5. The van der Waals surface area contributed by atoms with E-state index in [-0.39, 0.29) is 5.91 Å². The number of carbonyl (C=O) groups excluding carboxylic acids is 1. The van der Waals surface area contributed by atoms with Gasteiger partial charge in [0.25, 0.3) is 5.91 Å². The molecule has 0 fully saturated rings. The van der Waals surface area contributed by atoms with Gasteiger partial charge in [0.2, 0.25) is 0 Å². The molecule has 0 aromatic heterocycles. The van der Waals surface area contributed by atoms with Crippen LogP contribution in [0.2, 0.25) is 0 Å².